The van der Waals surface area contributed by atoms with Crippen LogP contribution >= 0.6 is 0 Å². The van der Waals surface area contributed by atoms with E-state index < -0.39 is 0 Å². The maximum absolute atomic E-state index is 10.0. The molecule has 0 aromatic carbocycles. The summed E-state index contributed by atoms with van der Waals surface area (Å²) in [6.07, 6.45) is 5.73. The number of anilines is 1. The largest absolute Gasteiger partial charge is 0.393 e. The molecule has 0 spiro atoms. The van der Waals surface area contributed by atoms with Gasteiger partial charge in [0.2, 0.25) is 0 Å². The Morgan fingerprint density at radius 1 is 1.32 bits per heavy atom. The van der Waals surface area contributed by atoms with Gasteiger partial charge in [-0.15, -0.1) is 0 Å². The van der Waals surface area contributed by atoms with Crippen LogP contribution in [-0.2, 0) is 0 Å². The van der Waals surface area contributed by atoms with Gasteiger partial charge in [0, 0.05) is 24.3 Å². The molecule has 2 aromatic rings. The SMILES string of the molecule is CC(C)(C)C(O)CCNc1cncc2cccnc12. The third-order valence-corrected chi connectivity index (χ3v) is 3.24. The van der Waals surface area contributed by atoms with Crippen molar-refractivity contribution in [1.82, 2.24) is 9.97 Å². The Bertz CT molecular complexity index is 543. The number of rotatable bonds is 4. The summed E-state index contributed by atoms with van der Waals surface area (Å²) in [5, 5.41) is 14.3. The lowest BCUT2D eigenvalue weighted by Gasteiger charge is -2.25. The molecule has 0 aliphatic rings. The van der Waals surface area contributed by atoms with E-state index in [2.05, 4.69) is 15.3 Å². The highest BCUT2D eigenvalue weighted by Gasteiger charge is 2.21. The quantitative estimate of drug-likeness (QED) is 0.886. The van der Waals surface area contributed by atoms with Crippen molar-refractivity contribution in [2.45, 2.75) is 33.3 Å². The molecule has 1 atom stereocenters. The predicted octanol–water partition coefficient (Wildman–Crippen LogP) is 2.84. The van der Waals surface area contributed by atoms with Crippen molar-refractivity contribution >= 4 is 16.6 Å². The lowest BCUT2D eigenvalue weighted by atomic mass is 9.87. The van der Waals surface area contributed by atoms with Crippen molar-refractivity contribution in [3.05, 3.63) is 30.7 Å². The van der Waals surface area contributed by atoms with E-state index in [1.54, 1.807) is 18.6 Å². The molecule has 0 aliphatic heterocycles. The van der Waals surface area contributed by atoms with Crippen LogP contribution in [0.2, 0.25) is 0 Å². The van der Waals surface area contributed by atoms with Crippen LogP contribution in [0.25, 0.3) is 10.9 Å². The Balaban J connectivity index is 2.03. The molecule has 19 heavy (non-hydrogen) atoms. The van der Waals surface area contributed by atoms with E-state index in [0.29, 0.717) is 13.0 Å². The molecule has 0 aliphatic carbocycles. The van der Waals surface area contributed by atoms with Crippen LogP contribution in [0, 0.1) is 5.41 Å². The van der Waals surface area contributed by atoms with Crippen LogP contribution in [0.1, 0.15) is 27.2 Å². The molecule has 0 amide bonds. The number of fused-ring (bicyclic) bond motifs is 1. The van der Waals surface area contributed by atoms with Crippen molar-refractivity contribution in [3.63, 3.8) is 0 Å². The van der Waals surface area contributed by atoms with Crippen molar-refractivity contribution in [2.24, 2.45) is 5.41 Å². The first-order valence-corrected chi connectivity index (χ1v) is 6.59. The van der Waals surface area contributed by atoms with Gasteiger partial charge in [-0.2, -0.15) is 0 Å². The van der Waals surface area contributed by atoms with Gasteiger partial charge in [-0.1, -0.05) is 20.8 Å². The zero-order valence-electron chi connectivity index (χ0n) is 11.7. The van der Waals surface area contributed by atoms with E-state index in [4.69, 9.17) is 0 Å². The van der Waals surface area contributed by atoms with Crippen LogP contribution in [0.15, 0.2) is 30.7 Å². The van der Waals surface area contributed by atoms with Crippen LogP contribution in [0.4, 0.5) is 5.69 Å². The summed E-state index contributed by atoms with van der Waals surface area (Å²) in [5.41, 5.74) is 1.75. The highest BCUT2D eigenvalue weighted by Crippen LogP contribution is 2.22. The fraction of sp³-hybridized carbons (Fsp3) is 0.467. The van der Waals surface area contributed by atoms with Crippen LogP contribution in [-0.4, -0.2) is 27.7 Å². The third kappa shape index (κ3) is 3.41. The molecular formula is C15H21N3O. The Hall–Kier alpha value is -1.68. The summed E-state index contributed by atoms with van der Waals surface area (Å²) >= 11 is 0. The minimum Gasteiger partial charge on any atom is -0.393 e. The predicted molar refractivity (Wildman–Crippen MR) is 78.1 cm³/mol. The summed E-state index contributed by atoms with van der Waals surface area (Å²) in [5.74, 6) is 0. The second kappa shape index (κ2) is 5.53. The minimum absolute atomic E-state index is 0.0864. The molecule has 2 heterocycles. The summed E-state index contributed by atoms with van der Waals surface area (Å²) in [7, 11) is 0. The number of aromatic nitrogens is 2. The second-order valence-electron chi connectivity index (χ2n) is 5.86. The van der Waals surface area contributed by atoms with Crippen LogP contribution < -0.4 is 5.32 Å². The Morgan fingerprint density at radius 3 is 2.84 bits per heavy atom. The van der Waals surface area contributed by atoms with Crippen molar-refractivity contribution in [3.8, 4) is 0 Å². The maximum Gasteiger partial charge on any atom is 0.0964 e. The van der Waals surface area contributed by atoms with Gasteiger partial charge < -0.3 is 10.4 Å². The van der Waals surface area contributed by atoms with Gasteiger partial charge in [-0.3, -0.25) is 9.97 Å². The normalized spacial score (nSPS) is 13.5. The third-order valence-electron chi connectivity index (χ3n) is 3.24. The molecule has 2 N–H and O–H groups in total. The highest BCUT2D eigenvalue weighted by atomic mass is 16.3. The van der Waals surface area contributed by atoms with Crippen LogP contribution in [0.3, 0.4) is 0 Å². The topological polar surface area (TPSA) is 58.0 Å². The number of hydrogen-bond acceptors (Lipinski definition) is 4. The van der Waals surface area contributed by atoms with Crippen molar-refractivity contribution in [2.75, 3.05) is 11.9 Å². The molecule has 0 saturated carbocycles. The van der Waals surface area contributed by atoms with Gasteiger partial charge >= 0.3 is 0 Å². The lowest BCUT2D eigenvalue weighted by molar-refractivity contribution is 0.0587. The molecule has 0 fully saturated rings. The minimum atomic E-state index is -0.323. The van der Waals surface area contributed by atoms with E-state index in [-0.39, 0.29) is 11.5 Å². The lowest BCUT2D eigenvalue weighted by Crippen LogP contribution is -2.28. The van der Waals surface area contributed by atoms with Gasteiger partial charge in [0.15, 0.2) is 0 Å². The standard InChI is InChI=1S/C15H21N3O/c1-15(2,3)13(19)6-8-17-12-10-16-9-11-5-4-7-18-14(11)12/h4-5,7,9-10,13,17,19H,6,8H2,1-3H3. The zero-order valence-corrected chi connectivity index (χ0v) is 11.7. The van der Waals surface area contributed by atoms with Crippen molar-refractivity contribution in [1.29, 1.82) is 0 Å². The van der Waals surface area contributed by atoms with E-state index in [1.807, 2.05) is 32.9 Å². The first-order chi connectivity index (χ1) is 8.98. The summed E-state index contributed by atoms with van der Waals surface area (Å²) in [6.45, 7) is 6.83. The fourth-order valence-corrected chi connectivity index (χ4v) is 1.91. The number of aliphatic hydroxyl groups is 1. The summed E-state index contributed by atoms with van der Waals surface area (Å²) < 4.78 is 0. The monoisotopic (exact) mass is 259 g/mol. The molecule has 4 nitrogen and oxygen atoms in total. The molecule has 2 rings (SSSR count). The number of hydrogen-bond donors (Lipinski definition) is 2. The first kappa shape index (κ1) is 13.7. The van der Waals surface area contributed by atoms with E-state index in [9.17, 15) is 5.11 Å². The van der Waals surface area contributed by atoms with Crippen LogP contribution in [0.5, 0.6) is 0 Å². The second-order valence-corrected chi connectivity index (χ2v) is 5.86. The molecular weight excluding hydrogens is 238 g/mol. The molecule has 0 saturated heterocycles. The molecule has 0 bridgehead atoms. The highest BCUT2D eigenvalue weighted by molar-refractivity contribution is 5.88. The molecule has 1 unspecified atom stereocenters. The zero-order chi connectivity index (χ0) is 13.9. The van der Waals surface area contributed by atoms with E-state index in [1.165, 1.54) is 0 Å². The maximum atomic E-state index is 10.0. The van der Waals surface area contributed by atoms with E-state index in [0.717, 1.165) is 16.6 Å². The average Bonchev–Trinajstić information content (AvgIpc) is 2.38. The fourth-order valence-electron chi connectivity index (χ4n) is 1.91. The Kier molecular flexibility index (Phi) is 4.00. The summed E-state index contributed by atoms with van der Waals surface area (Å²) in [6, 6.07) is 3.89. The molecule has 2 aromatic heterocycles. The van der Waals surface area contributed by atoms with Gasteiger partial charge in [0.05, 0.1) is 23.5 Å². The van der Waals surface area contributed by atoms with Gasteiger partial charge in [0.1, 0.15) is 0 Å². The Labute approximate surface area is 113 Å². The number of pyridine rings is 2. The first-order valence-electron chi connectivity index (χ1n) is 6.59. The average molecular weight is 259 g/mol. The van der Waals surface area contributed by atoms with Gasteiger partial charge in [0.25, 0.3) is 0 Å². The van der Waals surface area contributed by atoms with E-state index >= 15 is 0 Å². The number of aliphatic hydroxyl groups excluding tert-OH is 1. The molecule has 4 heteroatoms. The number of nitrogens with zero attached hydrogens (tertiary/aromatic N) is 2. The number of nitrogens with one attached hydrogen (secondary N) is 1. The van der Waals surface area contributed by atoms with Crippen molar-refractivity contribution < 1.29 is 5.11 Å². The molecule has 0 radical (unpaired) electrons. The summed E-state index contributed by atoms with van der Waals surface area (Å²) in [4.78, 5) is 8.56. The van der Waals surface area contributed by atoms with Gasteiger partial charge in [-0.25, -0.2) is 0 Å². The molecule has 102 valence electrons. The van der Waals surface area contributed by atoms with Gasteiger partial charge in [-0.05, 0) is 24.0 Å². The Morgan fingerprint density at radius 2 is 2.11 bits per heavy atom. The smallest absolute Gasteiger partial charge is 0.0964 e.